The molecule has 2 aromatic rings. The SMILES string of the molecule is CC.COc1cc2c(N)nc([NH+](C)CCCN)nc2cc1C. The van der Waals surface area contributed by atoms with Crippen LogP contribution in [0.15, 0.2) is 12.1 Å². The minimum Gasteiger partial charge on any atom is -0.496 e. The Morgan fingerprint density at radius 2 is 1.91 bits per heavy atom. The number of aryl methyl sites for hydroxylation is 1. The number of fused-ring (bicyclic) bond motifs is 1. The lowest BCUT2D eigenvalue weighted by atomic mass is 10.1. The molecule has 1 unspecified atom stereocenters. The van der Waals surface area contributed by atoms with Crippen molar-refractivity contribution in [3.8, 4) is 5.75 Å². The number of nitrogen functional groups attached to an aromatic ring is 1. The fraction of sp³-hybridized carbons (Fsp3) is 0.500. The number of nitrogens with one attached hydrogen (secondary N) is 1. The summed E-state index contributed by atoms with van der Waals surface area (Å²) in [5, 5.41) is 0.822. The van der Waals surface area contributed by atoms with E-state index in [9.17, 15) is 0 Å². The van der Waals surface area contributed by atoms with Gasteiger partial charge in [-0.1, -0.05) is 13.8 Å². The van der Waals surface area contributed by atoms with Crippen LogP contribution in [-0.4, -0.2) is 37.2 Å². The number of benzene rings is 1. The summed E-state index contributed by atoms with van der Waals surface area (Å²) >= 11 is 0. The van der Waals surface area contributed by atoms with Crippen molar-refractivity contribution in [2.45, 2.75) is 27.2 Å². The first-order valence-electron chi connectivity index (χ1n) is 7.71. The van der Waals surface area contributed by atoms with Gasteiger partial charge in [-0.05, 0) is 31.2 Å². The van der Waals surface area contributed by atoms with Crippen molar-refractivity contribution >= 4 is 22.7 Å². The number of ether oxygens (including phenoxy) is 1. The third-order valence-electron chi connectivity index (χ3n) is 3.38. The van der Waals surface area contributed by atoms with Gasteiger partial charge in [-0.3, -0.25) is 4.90 Å². The zero-order valence-electron chi connectivity index (χ0n) is 14.2. The van der Waals surface area contributed by atoms with Crippen LogP contribution in [0.2, 0.25) is 0 Å². The van der Waals surface area contributed by atoms with Crippen LogP contribution in [0.3, 0.4) is 0 Å². The summed E-state index contributed by atoms with van der Waals surface area (Å²) in [5.41, 5.74) is 13.5. The van der Waals surface area contributed by atoms with E-state index in [-0.39, 0.29) is 0 Å². The lowest BCUT2D eigenvalue weighted by Gasteiger charge is -2.13. The summed E-state index contributed by atoms with van der Waals surface area (Å²) in [6.45, 7) is 7.54. The van der Waals surface area contributed by atoms with Crippen molar-refractivity contribution in [2.24, 2.45) is 5.73 Å². The van der Waals surface area contributed by atoms with E-state index in [1.807, 2.05) is 40.0 Å². The van der Waals surface area contributed by atoms with Crippen molar-refractivity contribution < 1.29 is 9.64 Å². The average molecular weight is 306 g/mol. The van der Waals surface area contributed by atoms with Gasteiger partial charge in [0.15, 0.2) is 0 Å². The van der Waals surface area contributed by atoms with Crippen molar-refractivity contribution in [2.75, 3.05) is 33.0 Å². The predicted molar refractivity (Wildman–Crippen MR) is 91.7 cm³/mol. The second-order valence-corrected chi connectivity index (χ2v) is 4.94. The van der Waals surface area contributed by atoms with E-state index in [0.29, 0.717) is 18.3 Å². The second-order valence-electron chi connectivity index (χ2n) is 4.94. The number of aromatic nitrogens is 2. The van der Waals surface area contributed by atoms with E-state index in [1.165, 1.54) is 0 Å². The minimum absolute atomic E-state index is 0.482. The molecule has 0 aliphatic carbocycles. The van der Waals surface area contributed by atoms with Gasteiger partial charge in [0.25, 0.3) is 0 Å². The van der Waals surface area contributed by atoms with Gasteiger partial charge in [0, 0.05) is 11.8 Å². The van der Waals surface area contributed by atoms with Gasteiger partial charge in [-0.2, -0.15) is 9.97 Å². The molecule has 0 fully saturated rings. The molecule has 1 aromatic carbocycles. The average Bonchev–Trinajstić information content (AvgIpc) is 2.53. The van der Waals surface area contributed by atoms with E-state index in [0.717, 1.165) is 40.1 Å². The van der Waals surface area contributed by atoms with Crippen LogP contribution in [0.25, 0.3) is 10.9 Å². The first-order chi connectivity index (χ1) is 10.6. The number of nitrogens with zero attached hydrogens (tertiary/aromatic N) is 2. The van der Waals surface area contributed by atoms with Crippen molar-refractivity contribution in [1.29, 1.82) is 0 Å². The Labute approximate surface area is 132 Å². The van der Waals surface area contributed by atoms with Crippen LogP contribution >= 0.6 is 0 Å². The fourth-order valence-electron chi connectivity index (χ4n) is 2.17. The van der Waals surface area contributed by atoms with Gasteiger partial charge in [0.1, 0.15) is 11.6 Å². The smallest absolute Gasteiger partial charge is 0.329 e. The molecule has 1 atom stereocenters. The first-order valence-corrected chi connectivity index (χ1v) is 7.71. The molecule has 0 saturated heterocycles. The Morgan fingerprint density at radius 3 is 2.50 bits per heavy atom. The molecular formula is C16H28N5O+. The lowest BCUT2D eigenvalue weighted by Crippen LogP contribution is -3.04. The number of rotatable bonds is 5. The maximum absolute atomic E-state index is 6.05. The van der Waals surface area contributed by atoms with E-state index in [2.05, 4.69) is 9.97 Å². The summed E-state index contributed by atoms with van der Waals surface area (Å²) in [4.78, 5) is 10.1. The third kappa shape index (κ3) is 4.05. The summed E-state index contributed by atoms with van der Waals surface area (Å²) < 4.78 is 5.31. The molecule has 22 heavy (non-hydrogen) atoms. The van der Waals surface area contributed by atoms with Crippen molar-refractivity contribution in [3.63, 3.8) is 0 Å². The standard InChI is InChI=1S/C14H21N5O.C2H6/c1-9-7-11-10(8-12(9)20-3)13(16)18-14(17-11)19(2)6-4-5-15;1-2/h7-8H,4-6,15H2,1-3H3,(H2,16,17,18);1-2H3/p+1. The summed E-state index contributed by atoms with van der Waals surface area (Å²) in [5.74, 6) is 1.98. The highest BCUT2D eigenvalue weighted by molar-refractivity contribution is 5.90. The second kappa shape index (κ2) is 8.51. The molecule has 0 bridgehead atoms. The molecule has 0 aliphatic heterocycles. The van der Waals surface area contributed by atoms with Crippen LogP contribution < -0.4 is 21.1 Å². The monoisotopic (exact) mass is 306 g/mol. The Bertz CT molecular complexity index is 615. The highest BCUT2D eigenvalue weighted by atomic mass is 16.5. The topological polar surface area (TPSA) is 91.5 Å². The highest BCUT2D eigenvalue weighted by Crippen LogP contribution is 2.27. The zero-order chi connectivity index (χ0) is 16.7. The molecule has 1 aromatic heterocycles. The Kier molecular flexibility index (Phi) is 7.01. The molecule has 6 nitrogen and oxygen atoms in total. The fourth-order valence-corrected chi connectivity index (χ4v) is 2.17. The van der Waals surface area contributed by atoms with Gasteiger partial charge in [0.05, 0.1) is 26.2 Å². The van der Waals surface area contributed by atoms with Crippen LogP contribution in [0.5, 0.6) is 5.75 Å². The Morgan fingerprint density at radius 1 is 1.23 bits per heavy atom. The van der Waals surface area contributed by atoms with Crippen LogP contribution in [0.1, 0.15) is 25.8 Å². The molecule has 0 aliphatic rings. The minimum atomic E-state index is 0.482. The number of hydrogen-bond donors (Lipinski definition) is 3. The number of quaternary nitrogens is 1. The lowest BCUT2D eigenvalue weighted by molar-refractivity contribution is -0.815. The number of nitrogens with two attached hydrogens (primary N) is 2. The van der Waals surface area contributed by atoms with Gasteiger partial charge in [0.2, 0.25) is 0 Å². The molecular weight excluding hydrogens is 278 g/mol. The molecule has 0 amide bonds. The van der Waals surface area contributed by atoms with E-state index < -0.39 is 0 Å². The molecule has 6 heteroatoms. The Balaban J connectivity index is 0.00000116. The van der Waals surface area contributed by atoms with E-state index in [1.54, 1.807) is 7.11 Å². The zero-order valence-corrected chi connectivity index (χ0v) is 14.2. The maximum Gasteiger partial charge on any atom is 0.329 e. The van der Waals surface area contributed by atoms with Gasteiger partial charge in [-0.15, -0.1) is 0 Å². The molecule has 0 radical (unpaired) electrons. The molecule has 0 spiro atoms. The Hall–Kier alpha value is -1.92. The number of methoxy groups -OCH3 is 1. The molecule has 2 rings (SSSR count). The predicted octanol–water partition coefficient (Wildman–Crippen LogP) is 1.05. The number of hydrogen-bond acceptors (Lipinski definition) is 5. The first kappa shape index (κ1) is 18.1. The third-order valence-corrected chi connectivity index (χ3v) is 3.38. The van der Waals surface area contributed by atoms with E-state index in [4.69, 9.17) is 16.2 Å². The molecule has 0 saturated carbocycles. The van der Waals surface area contributed by atoms with Gasteiger partial charge >= 0.3 is 5.95 Å². The van der Waals surface area contributed by atoms with Crippen LogP contribution in [-0.2, 0) is 0 Å². The van der Waals surface area contributed by atoms with Crippen LogP contribution in [0, 0.1) is 6.92 Å². The maximum atomic E-state index is 6.05. The molecule has 122 valence electrons. The van der Waals surface area contributed by atoms with E-state index >= 15 is 0 Å². The highest BCUT2D eigenvalue weighted by Gasteiger charge is 2.14. The summed E-state index contributed by atoms with van der Waals surface area (Å²) in [6, 6.07) is 3.87. The van der Waals surface area contributed by atoms with Gasteiger partial charge < -0.3 is 16.2 Å². The molecule has 1 heterocycles. The van der Waals surface area contributed by atoms with Crippen LogP contribution in [0.4, 0.5) is 11.8 Å². The quantitative estimate of drug-likeness (QED) is 0.768. The van der Waals surface area contributed by atoms with Gasteiger partial charge in [-0.25, -0.2) is 0 Å². The normalized spacial score (nSPS) is 11.7. The number of anilines is 1. The summed E-state index contributed by atoms with van der Waals surface area (Å²) in [6.07, 6.45) is 0.925. The largest absolute Gasteiger partial charge is 0.496 e. The summed E-state index contributed by atoms with van der Waals surface area (Å²) in [7, 11) is 3.66. The van der Waals surface area contributed by atoms with Crippen molar-refractivity contribution in [3.05, 3.63) is 17.7 Å². The van der Waals surface area contributed by atoms with Crippen molar-refractivity contribution in [1.82, 2.24) is 9.97 Å². The molecule has 5 N–H and O–H groups in total.